The highest BCUT2D eigenvalue weighted by Crippen LogP contribution is 2.32. The molecule has 11 nitrogen and oxygen atoms in total. The average molecular weight is 477 g/mol. The van der Waals surface area contributed by atoms with Crippen LogP contribution in [0.1, 0.15) is 5.56 Å². The summed E-state index contributed by atoms with van der Waals surface area (Å²) in [7, 11) is 1.43. The Labute approximate surface area is 200 Å². The quantitative estimate of drug-likeness (QED) is 0.280. The van der Waals surface area contributed by atoms with Crippen molar-refractivity contribution in [2.45, 2.75) is 0 Å². The van der Waals surface area contributed by atoms with Crippen molar-refractivity contribution in [3.8, 4) is 16.9 Å². The predicted molar refractivity (Wildman–Crippen MR) is 130 cm³/mol. The molecule has 0 unspecified atom stereocenters. The molecule has 0 bridgehead atoms. The number of carboxylic acids is 1. The lowest BCUT2D eigenvalue weighted by molar-refractivity contribution is -0.384. The summed E-state index contributed by atoms with van der Waals surface area (Å²) in [4.78, 5) is 32.9. The standard InChI is InChI=1S/C24H23N5O6/c1-34-20-13-18(12-19(14-20)29(32)33)26-24-25-15-21(23(27-24)28-7-9-35-10-8-28)17-4-2-3-16(11-17)5-6-22(30)31/h2-6,11-15H,7-10H2,1H3,(H,30,31)(H,25,26,27)/b6-5+. The van der Waals surface area contributed by atoms with Crippen molar-refractivity contribution in [2.75, 3.05) is 43.6 Å². The second-order valence-corrected chi connectivity index (χ2v) is 7.63. The van der Waals surface area contributed by atoms with Crippen molar-refractivity contribution >= 4 is 35.2 Å². The maximum absolute atomic E-state index is 11.3. The molecule has 4 rings (SSSR count). The molecule has 2 N–H and O–H groups in total. The lowest BCUT2D eigenvalue weighted by atomic mass is 10.0. The third kappa shape index (κ3) is 5.89. The zero-order chi connectivity index (χ0) is 24.8. The van der Waals surface area contributed by atoms with E-state index in [4.69, 9.17) is 19.6 Å². The number of hydrogen-bond donors (Lipinski definition) is 2. The molecule has 3 aromatic rings. The van der Waals surface area contributed by atoms with Crippen molar-refractivity contribution < 1.29 is 24.3 Å². The third-order valence-electron chi connectivity index (χ3n) is 5.29. The van der Waals surface area contributed by atoms with Crippen LogP contribution in [0.4, 0.5) is 23.1 Å². The molecule has 2 aromatic carbocycles. The number of aromatic nitrogens is 2. The smallest absolute Gasteiger partial charge is 0.328 e. The second kappa shape index (κ2) is 10.6. The molecule has 0 atom stereocenters. The van der Waals surface area contributed by atoms with Gasteiger partial charge in [0.05, 0.1) is 37.0 Å². The summed E-state index contributed by atoms with van der Waals surface area (Å²) >= 11 is 0. The number of rotatable bonds is 8. The third-order valence-corrected chi connectivity index (χ3v) is 5.29. The number of nitrogens with one attached hydrogen (secondary N) is 1. The Morgan fingerprint density at radius 3 is 2.77 bits per heavy atom. The first-order valence-corrected chi connectivity index (χ1v) is 10.7. The number of methoxy groups -OCH3 is 1. The Hall–Kier alpha value is -4.51. The van der Waals surface area contributed by atoms with Crippen LogP contribution in [0.3, 0.4) is 0 Å². The predicted octanol–water partition coefficient (Wildman–Crippen LogP) is 3.74. The van der Waals surface area contributed by atoms with Gasteiger partial charge in [0.25, 0.3) is 5.69 Å². The first-order valence-electron chi connectivity index (χ1n) is 10.7. The molecule has 2 heterocycles. The molecule has 1 fully saturated rings. The summed E-state index contributed by atoms with van der Waals surface area (Å²) in [5, 5.41) is 23.2. The fourth-order valence-corrected chi connectivity index (χ4v) is 3.64. The van der Waals surface area contributed by atoms with E-state index in [1.165, 1.54) is 25.3 Å². The Balaban J connectivity index is 1.72. The monoisotopic (exact) mass is 477 g/mol. The number of nitro groups is 1. The Bertz CT molecular complexity index is 1270. The number of morpholine rings is 1. The number of ether oxygens (including phenoxy) is 2. The maximum Gasteiger partial charge on any atom is 0.328 e. The molecule has 1 saturated heterocycles. The van der Waals surface area contributed by atoms with Crippen molar-refractivity contribution in [3.63, 3.8) is 0 Å². The summed E-state index contributed by atoms with van der Waals surface area (Å²) in [5.41, 5.74) is 2.60. The fourth-order valence-electron chi connectivity index (χ4n) is 3.64. The zero-order valence-corrected chi connectivity index (χ0v) is 18.9. The highest BCUT2D eigenvalue weighted by Gasteiger charge is 2.20. The number of hydrogen-bond acceptors (Lipinski definition) is 9. The summed E-state index contributed by atoms with van der Waals surface area (Å²) in [6.07, 6.45) is 4.28. The van der Waals surface area contributed by atoms with Crippen molar-refractivity contribution in [2.24, 2.45) is 0 Å². The van der Waals surface area contributed by atoms with E-state index in [9.17, 15) is 14.9 Å². The molecule has 11 heteroatoms. The number of non-ortho nitro benzene ring substituents is 1. The van der Waals surface area contributed by atoms with Crippen molar-refractivity contribution in [1.29, 1.82) is 0 Å². The van der Waals surface area contributed by atoms with Crippen LogP contribution in [-0.2, 0) is 9.53 Å². The first kappa shape index (κ1) is 23.6. The number of aliphatic carboxylic acids is 1. The first-order chi connectivity index (χ1) is 16.9. The molecule has 0 radical (unpaired) electrons. The van der Waals surface area contributed by atoms with Gasteiger partial charge < -0.3 is 24.8 Å². The highest BCUT2D eigenvalue weighted by atomic mass is 16.6. The molecule has 1 aromatic heterocycles. The Morgan fingerprint density at radius 2 is 2.06 bits per heavy atom. The summed E-state index contributed by atoms with van der Waals surface area (Å²) in [6.45, 7) is 2.37. The van der Waals surface area contributed by atoms with Gasteiger partial charge in [-0.2, -0.15) is 4.98 Å². The van der Waals surface area contributed by atoms with E-state index in [1.807, 2.05) is 24.3 Å². The molecular weight excluding hydrogens is 454 g/mol. The molecule has 0 spiro atoms. The van der Waals surface area contributed by atoms with Gasteiger partial charge in [-0.15, -0.1) is 0 Å². The minimum absolute atomic E-state index is 0.122. The molecule has 1 aliphatic rings. The van der Waals surface area contributed by atoms with Gasteiger partial charge >= 0.3 is 5.97 Å². The maximum atomic E-state index is 11.3. The van der Waals surface area contributed by atoms with Crippen LogP contribution in [0.2, 0.25) is 0 Å². The van der Waals surface area contributed by atoms with E-state index in [0.717, 1.165) is 22.8 Å². The van der Waals surface area contributed by atoms with Crippen LogP contribution in [0.5, 0.6) is 5.75 Å². The van der Waals surface area contributed by atoms with Crippen LogP contribution in [0.25, 0.3) is 17.2 Å². The Kier molecular flexibility index (Phi) is 7.17. The molecular formula is C24H23N5O6. The second-order valence-electron chi connectivity index (χ2n) is 7.63. The van der Waals surface area contributed by atoms with Gasteiger partial charge in [-0.05, 0) is 23.3 Å². The number of benzene rings is 2. The Morgan fingerprint density at radius 1 is 1.26 bits per heavy atom. The van der Waals surface area contributed by atoms with Crippen LogP contribution < -0.4 is 15.0 Å². The lowest BCUT2D eigenvalue weighted by Crippen LogP contribution is -2.37. The van der Waals surface area contributed by atoms with Gasteiger partial charge in [0.2, 0.25) is 5.95 Å². The van der Waals surface area contributed by atoms with Crippen LogP contribution in [0, 0.1) is 10.1 Å². The van der Waals surface area contributed by atoms with Crippen LogP contribution in [-0.4, -0.2) is 59.4 Å². The minimum atomic E-state index is -1.03. The van der Waals surface area contributed by atoms with Crippen molar-refractivity contribution in [1.82, 2.24) is 9.97 Å². The summed E-state index contributed by atoms with van der Waals surface area (Å²) in [5.74, 6) is 0.237. The summed E-state index contributed by atoms with van der Waals surface area (Å²) in [6, 6.07) is 11.7. The molecule has 180 valence electrons. The van der Waals surface area contributed by atoms with Gasteiger partial charge in [-0.3, -0.25) is 10.1 Å². The number of nitrogens with zero attached hydrogens (tertiary/aromatic N) is 4. The largest absolute Gasteiger partial charge is 0.496 e. The van der Waals surface area contributed by atoms with E-state index < -0.39 is 10.9 Å². The SMILES string of the molecule is COc1cc(Nc2ncc(-c3cccc(/C=C/C(=O)O)c3)c(N3CCOCC3)n2)cc([N+](=O)[O-])c1. The van der Waals surface area contributed by atoms with Crippen molar-refractivity contribution in [3.05, 3.63) is 70.4 Å². The number of anilines is 3. The molecule has 0 aliphatic carbocycles. The van der Waals surface area contributed by atoms with Gasteiger partial charge in [0, 0.05) is 43.1 Å². The molecule has 0 saturated carbocycles. The topological polar surface area (TPSA) is 140 Å². The van der Waals surface area contributed by atoms with E-state index in [0.29, 0.717) is 43.6 Å². The van der Waals surface area contributed by atoms with Crippen LogP contribution >= 0.6 is 0 Å². The normalized spacial score (nSPS) is 13.6. The highest BCUT2D eigenvalue weighted by molar-refractivity contribution is 5.86. The van der Waals surface area contributed by atoms with E-state index >= 15 is 0 Å². The zero-order valence-electron chi connectivity index (χ0n) is 18.9. The minimum Gasteiger partial charge on any atom is -0.496 e. The lowest BCUT2D eigenvalue weighted by Gasteiger charge is -2.29. The fraction of sp³-hybridized carbons (Fsp3) is 0.208. The van der Waals surface area contributed by atoms with Gasteiger partial charge in [0.1, 0.15) is 11.6 Å². The van der Waals surface area contributed by atoms with Gasteiger partial charge in [-0.1, -0.05) is 18.2 Å². The number of carboxylic acid groups (broad SMARTS) is 1. The van der Waals surface area contributed by atoms with Gasteiger partial charge in [-0.25, -0.2) is 9.78 Å². The average Bonchev–Trinajstić information content (AvgIpc) is 2.88. The van der Waals surface area contributed by atoms with E-state index in [1.54, 1.807) is 12.3 Å². The van der Waals surface area contributed by atoms with Gasteiger partial charge in [0.15, 0.2) is 0 Å². The molecule has 1 aliphatic heterocycles. The molecule has 35 heavy (non-hydrogen) atoms. The van der Waals surface area contributed by atoms with Crippen LogP contribution in [0.15, 0.2) is 54.7 Å². The summed E-state index contributed by atoms with van der Waals surface area (Å²) < 4.78 is 10.7. The number of carbonyl (C=O) groups is 1. The molecule has 0 amide bonds. The van der Waals surface area contributed by atoms with E-state index in [2.05, 4.69) is 15.2 Å². The van der Waals surface area contributed by atoms with E-state index in [-0.39, 0.29) is 11.6 Å². The number of nitro benzene ring substituents is 1.